The van der Waals surface area contributed by atoms with Gasteiger partial charge in [0.25, 0.3) is 0 Å². The molecular weight excluding hydrogens is 327 g/mol. The molecule has 0 bridgehead atoms. The summed E-state index contributed by atoms with van der Waals surface area (Å²) in [5, 5.41) is 13.6. The Morgan fingerprint density at radius 1 is 1.45 bits per heavy atom. The second-order valence-electron chi connectivity index (χ2n) is 5.26. The normalized spacial score (nSPS) is 14.0. The first kappa shape index (κ1) is 19.2. The molecule has 0 saturated carbocycles. The predicted molar refractivity (Wildman–Crippen MR) is 88.4 cm³/mol. The molecule has 0 fully saturated rings. The SMILES string of the molecule is COCC(O)CN(C)CC(=O)NC(C)c1ccc(Cl)cc1Cl. The van der Waals surface area contributed by atoms with Gasteiger partial charge in [0, 0.05) is 23.7 Å². The lowest BCUT2D eigenvalue weighted by molar-refractivity contribution is -0.122. The fourth-order valence-electron chi connectivity index (χ4n) is 2.13. The molecule has 1 aromatic carbocycles. The Morgan fingerprint density at radius 3 is 2.73 bits per heavy atom. The van der Waals surface area contributed by atoms with Crippen LogP contribution in [0.4, 0.5) is 0 Å². The average molecular weight is 349 g/mol. The van der Waals surface area contributed by atoms with Crippen LogP contribution < -0.4 is 5.32 Å². The Bertz CT molecular complexity index is 500. The number of carbonyl (C=O) groups excluding carboxylic acids is 1. The number of ether oxygens (including phenoxy) is 1. The number of nitrogens with one attached hydrogen (secondary N) is 1. The van der Waals surface area contributed by atoms with E-state index in [0.717, 1.165) is 5.56 Å². The number of hydrogen-bond acceptors (Lipinski definition) is 4. The van der Waals surface area contributed by atoms with Gasteiger partial charge in [0.15, 0.2) is 0 Å². The van der Waals surface area contributed by atoms with E-state index in [-0.39, 0.29) is 25.1 Å². The first-order valence-electron chi connectivity index (χ1n) is 6.93. The van der Waals surface area contributed by atoms with E-state index >= 15 is 0 Å². The van der Waals surface area contributed by atoms with Crippen LogP contribution in [-0.4, -0.2) is 55.9 Å². The van der Waals surface area contributed by atoms with Gasteiger partial charge in [0.05, 0.1) is 25.3 Å². The van der Waals surface area contributed by atoms with Crippen molar-refractivity contribution in [3.63, 3.8) is 0 Å². The third kappa shape index (κ3) is 6.50. The Hall–Kier alpha value is -0.850. The second kappa shape index (κ2) is 9.33. The highest BCUT2D eigenvalue weighted by Crippen LogP contribution is 2.25. The third-order valence-electron chi connectivity index (χ3n) is 3.10. The summed E-state index contributed by atoms with van der Waals surface area (Å²) in [5.41, 5.74) is 0.807. The van der Waals surface area contributed by atoms with Crippen molar-refractivity contribution in [3.05, 3.63) is 33.8 Å². The topological polar surface area (TPSA) is 61.8 Å². The molecule has 1 amide bonds. The van der Waals surface area contributed by atoms with Gasteiger partial charge in [-0.15, -0.1) is 0 Å². The quantitative estimate of drug-likeness (QED) is 0.755. The number of methoxy groups -OCH3 is 1. The van der Waals surface area contributed by atoms with Crippen molar-refractivity contribution in [3.8, 4) is 0 Å². The molecule has 0 spiro atoms. The van der Waals surface area contributed by atoms with Crippen molar-refractivity contribution in [2.45, 2.75) is 19.1 Å². The van der Waals surface area contributed by atoms with E-state index in [1.807, 2.05) is 6.92 Å². The lowest BCUT2D eigenvalue weighted by atomic mass is 10.1. The molecule has 2 unspecified atom stereocenters. The summed E-state index contributed by atoms with van der Waals surface area (Å²) in [6.07, 6.45) is -0.620. The van der Waals surface area contributed by atoms with E-state index in [9.17, 15) is 9.90 Å². The van der Waals surface area contributed by atoms with Crippen molar-refractivity contribution in [1.29, 1.82) is 0 Å². The number of carbonyl (C=O) groups is 1. The second-order valence-corrected chi connectivity index (χ2v) is 6.10. The molecule has 2 atom stereocenters. The standard InChI is InChI=1S/C15H22Cl2N2O3/c1-10(13-5-4-11(16)6-14(13)17)18-15(21)8-19(2)7-12(20)9-22-3/h4-6,10,12,20H,7-9H2,1-3H3,(H,18,21). The summed E-state index contributed by atoms with van der Waals surface area (Å²) in [4.78, 5) is 13.8. The maximum atomic E-state index is 12.0. The molecule has 0 heterocycles. The van der Waals surface area contributed by atoms with Gasteiger partial charge in [-0.25, -0.2) is 0 Å². The van der Waals surface area contributed by atoms with Crippen LogP contribution in [0.1, 0.15) is 18.5 Å². The van der Waals surface area contributed by atoms with Crippen molar-refractivity contribution in [2.24, 2.45) is 0 Å². The number of likely N-dealkylation sites (N-methyl/N-ethyl adjacent to an activating group) is 1. The Balaban J connectivity index is 2.50. The molecular formula is C15H22Cl2N2O3. The van der Waals surface area contributed by atoms with Gasteiger partial charge < -0.3 is 15.2 Å². The molecule has 22 heavy (non-hydrogen) atoms. The summed E-state index contributed by atoms with van der Waals surface area (Å²) in [7, 11) is 3.28. The highest BCUT2D eigenvalue weighted by Gasteiger charge is 2.15. The summed E-state index contributed by atoms with van der Waals surface area (Å²) >= 11 is 12.0. The van der Waals surface area contributed by atoms with E-state index in [4.69, 9.17) is 27.9 Å². The summed E-state index contributed by atoms with van der Waals surface area (Å²) < 4.78 is 4.85. The molecule has 5 nitrogen and oxygen atoms in total. The Morgan fingerprint density at radius 2 is 2.14 bits per heavy atom. The zero-order valence-electron chi connectivity index (χ0n) is 13.0. The lowest BCUT2D eigenvalue weighted by Gasteiger charge is -2.21. The Kier molecular flexibility index (Phi) is 8.14. The van der Waals surface area contributed by atoms with E-state index in [1.165, 1.54) is 7.11 Å². The fourth-order valence-corrected chi connectivity index (χ4v) is 2.70. The summed E-state index contributed by atoms with van der Waals surface area (Å²) in [6.45, 7) is 2.63. The molecule has 0 radical (unpaired) electrons. The number of aliphatic hydroxyl groups is 1. The molecule has 0 aliphatic rings. The highest BCUT2D eigenvalue weighted by atomic mass is 35.5. The van der Waals surface area contributed by atoms with Crippen molar-refractivity contribution in [1.82, 2.24) is 10.2 Å². The zero-order valence-corrected chi connectivity index (χ0v) is 14.5. The van der Waals surface area contributed by atoms with Gasteiger partial charge in [-0.2, -0.15) is 0 Å². The maximum absolute atomic E-state index is 12.0. The van der Waals surface area contributed by atoms with Gasteiger partial charge in [-0.3, -0.25) is 9.69 Å². The van der Waals surface area contributed by atoms with Crippen LogP contribution in [0.15, 0.2) is 18.2 Å². The van der Waals surface area contributed by atoms with Crippen LogP contribution in [0.25, 0.3) is 0 Å². The molecule has 0 aromatic heterocycles. The number of benzene rings is 1. The number of nitrogens with zero attached hydrogens (tertiary/aromatic N) is 1. The van der Waals surface area contributed by atoms with Crippen LogP contribution in [-0.2, 0) is 9.53 Å². The van der Waals surface area contributed by atoms with Gasteiger partial charge in [0.2, 0.25) is 5.91 Å². The van der Waals surface area contributed by atoms with Crippen LogP contribution in [0.5, 0.6) is 0 Å². The third-order valence-corrected chi connectivity index (χ3v) is 3.66. The number of amides is 1. The minimum atomic E-state index is -0.620. The van der Waals surface area contributed by atoms with Gasteiger partial charge in [-0.1, -0.05) is 29.3 Å². The monoisotopic (exact) mass is 348 g/mol. The summed E-state index contributed by atoms with van der Waals surface area (Å²) in [6, 6.07) is 4.95. The molecule has 1 aromatic rings. The highest BCUT2D eigenvalue weighted by molar-refractivity contribution is 6.35. The molecule has 0 saturated heterocycles. The molecule has 1 rings (SSSR count). The first-order valence-corrected chi connectivity index (χ1v) is 7.69. The maximum Gasteiger partial charge on any atom is 0.234 e. The number of hydrogen-bond donors (Lipinski definition) is 2. The van der Waals surface area contributed by atoms with Gasteiger partial charge in [-0.05, 0) is 31.7 Å². The minimum absolute atomic E-state index is 0.148. The molecule has 0 aliphatic heterocycles. The van der Waals surface area contributed by atoms with Crippen LogP contribution in [0.3, 0.4) is 0 Å². The number of aliphatic hydroxyl groups excluding tert-OH is 1. The first-order chi connectivity index (χ1) is 10.3. The predicted octanol–water partition coefficient (Wildman–Crippen LogP) is 2.11. The van der Waals surface area contributed by atoms with E-state index < -0.39 is 6.10 Å². The lowest BCUT2D eigenvalue weighted by Crippen LogP contribution is -2.40. The van der Waals surface area contributed by atoms with Crippen molar-refractivity contribution in [2.75, 3.05) is 33.9 Å². The van der Waals surface area contributed by atoms with E-state index in [1.54, 1.807) is 30.1 Å². The van der Waals surface area contributed by atoms with Gasteiger partial charge >= 0.3 is 0 Å². The van der Waals surface area contributed by atoms with Crippen LogP contribution in [0.2, 0.25) is 10.0 Å². The van der Waals surface area contributed by atoms with E-state index in [2.05, 4.69) is 5.32 Å². The molecule has 2 N–H and O–H groups in total. The largest absolute Gasteiger partial charge is 0.389 e. The van der Waals surface area contributed by atoms with E-state index in [0.29, 0.717) is 16.6 Å². The van der Waals surface area contributed by atoms with Crippen LogP contribution in [0, 0.1) is 0 Å². The van der Waals surface area contributed by atoms with Crippen molar-refractivity contribution >= 4 is 29.1 Å². The van der Waals surface area contributed by atoms with Crippen molar-refractivity contribution < 1.29 is 14.6 Å². The van der Waals surface area contributed by atoms with Gasteiger partial charge in [0.1, 0.15) is 0 Å². The minimum Gasteiger partial charge on any atom is -0.389 e. The number of halogens is 2. The summed E-state index contributed by atoms with van der Waals surface area (Å²) in [5.74, 6) is -0.148. The van der Waals surface area contributed by atoms with Crippen LogP contribution >= 0.6 is 23.2 Å². The molecule has 124 valence electrons. The smallest absolute Gasteiger partial charge is 0.234 e. The number of rotatable bonds is 8. The Labute approximate surface area is 141 Å². The average Bonchev–Trinajstić information content (AvgIpc) is 2.37. The zero-order chi connectivity index (χ0) is 16.7. The molecule has 0 aliphatic carbocycles. The molecule has 7 heteroatoms. The fraction of sp³-hybridized carbons (Fsp3) is 0.533.